The molecule has 5 heteroatoms. The molecule has 0 saturated carbocycles. The lowest BCUT2D eigenvalue weighted by molar-refractivity contribution is -0.137. The molecule has 2 rings (SSSR count). The van der Waals surface area contributed by atoms with Crippen molar-refractivity contribution in [2.45, 2.75) is 20.0 Å². The zero-order valence-corrected chi connectivity index (χ0v) is 9.55. The van der Waals surface area contributed by atoms with E-state index < -0.39 is 11.7 Å². The van der Waals surface area contributed by atoms with Crippen molar-refractivity contribution in [1.29, 1.82) is 0 Å². The number of alkyl halides is 3. The molecule has 0 aliphatic rings. The minimum Gasteiger partial charge on any atom is -0.283 e. The zero-order chi connectivity index (χ0) is 12.9. The van der Waals surface area contributed by atoms with Gasteiger partial charge in [0.1, 0.15) is 0 Å². The number of nitrogens with one attached hydrogen (secondary N) is 1. The molecule has 0 bridgehead atoms. The standard InChI is InChI=1S/C8H7F3.C4H6N2/c1-6-3-2-4-7(5-6)8(9,10)11;1-4-2-3-5-6-4/h2-5H,1H3;2-3H,1H3,(H,5,6). The fraction of sp³-hybridized carbons (Fsp3) is 0.250. The van der Waals surface area contributed by atoms with Crippen molar-refractivity contribution in [1.82, 2.24) is 10.2 Å². The second-order valence-corrected chi connectivity index (χ2v) is 3.61. The number of halogens is 3. The summed E-state index contributed by atoms with van der Waals surface area (Å²) in [7, 11) is 0. The molecule has 0 atom stereocenters. The fourth-order valence-corrected chi connectivity index (χ4v) is 1.15. The van der Waals surface area contributed by atoms with Crippen LogP contribution in [-0.4, -0.2) is 10.2 Å². The minimum absolute atomic E-state index is 0.586. The highest BCUT2D eigenvalue weighted by Crippen LogP contribution is 2.29. The Morgan fingerprint density at radius 3 is 2.12 bits per heavy atom. The number of aromatic nitrogens is 2. The van der Waals surface area contributed by atoms with Gasteiger partial charge in [-0.2, -0.15) is 18.3 Å². The molecular formula is C12H13F3N2. The summed E-state index contributed by atoms with van der Waals surface area (Å²) in [6.07, 6.45) is -2.48. The molecule has 92 valence electrons. The van der Waals surface area contributed by atoms with E-state index in [2.05, 4.69) is 10.2 Å². The molecule has 0 fully saturated rings. The third-order valence-electron chi connectivity index (χ3n) is 1.99. The fourth-order valence-electron chi connectivity index (χ4n) is 1.15. The number of hydrogen-bond donors (Lipinski definition) is 1. The molecule has 0 amide bonds. The Morgan fingerprint density at radius 1 is 1.12 bits per heavy atom. The summed E-state index contributed by atoms with van der Waals surface area (Å²) in [5.41, 5.74) is 1.15. The number of rotatable bonds is 0. The first-order valence-electron chi connectivity index (χ1n) is 4.99. The molecule has 0 aliphatic heterocycles. The molecule has 0 unspecified atom stereocenters. The summed E-state index contributed by atoms with van der Waals surface area (Å²) in [6.45, 7) is 3.60. The number of H-pyrrole nitrogens is 1. The zero-order valence-electron chi connectivity index (χ0n) is 9.55. The third-order valence-corrected chi connectivity index (χ3v) is 1.99. The lowest BCUT2D eigenvalue weighted by atomic mass is 10.1. The monoisotopic (exact) mass is 242 g/mol. The summed E-state index contributed by atoms with van der Waals surface area (Å²) in [6, 6.07) is 7.14. The van der Waals surface area contributed by atoms with Gasteiger partial charge >= 0.3 is 6.18 Å². The predicted molar refractivity (Wildman–Crippen MR) is 59.5 cm³/mol. The number of aromatic amines is 1. The lowest BCUT2D eigenvalue weighted by Crippen LogP contribution is -2.04. The summed E-state index contributed by atoms with van der Waals surface area (Å²) < 4.78 is 35.9. The molecular weight excluding hydrogens is 229 g/mol. The van der Waals surface area contributed by atoms with Crippen LogP contribution < -0.4 is 0 Å². The van der Waals surface area contributed by atoms with Gasteiger partial charge in [0, 0.05) is 11.9 Å². The Hall–Kier alpha value is -1.78. The van der Waals surface area contributed by atoms with Crippen LogP contribution in [-0.2, 0) is 6.18 Å². The smallest absolute Gasteiger partial charge is 0.283 e. The van der Waals surface area contributed by atoms with E-state index >= 15 is 0 Å². The first-order valence-corrected chi connectivity index (χ1v) is 4.99. The van der Waals surface area contributed by atoms with E-state index in [-0.39, 0.29) is 0 Å². The van der Waals surface area contributed by atoms with Crippen LogP contribution in [0.4, 0.5) is 13.2 Å². The molecule has 0 radical (unpaired) electrons. The maximum absolute atomic E-state index is 12.0. The predicted octanol–water partition coefficient (Wildman–Crippen LogP) is 3.73. The Bertz CT molecular complexity index is 447. The summed E-state index contributed by atoms with van der Waals surface area (Å²) in [5.74, 6) is 0. The molecule has 0 saturated heterocycles. The van der Waals surface area contributed by atoms with Crippen molar-refractivity contribution in [2.24, 2.45) is 0 Å². The van der Waals surface area contributed by atoms with Gasteiger partial charge in [0.25, 0.3) is 0 Å². The van der Waals surface area contributed by atoms with Crippen molar-refractivity contribution in [3.05, 3.63) is 53.3 Å². The first kappa shape index (κ1) is 13.3. The van der Waals surface area contributed by atoms with Gasteiger partial charge in [-0.25, -0.2) is 0 Å². The average molecular weight is 242 g/mol. The Balaban J connectivity index is 0.000000202. The lowest BCUT2D eigenvalue weighted by Gasteiger charge is -2.05. The quantitative estimate of drug-likeness (QED) is 0.749. The maximum atomic E-state index is 12.0. The van der Waals surface area contributed by atoms with E-state index in [0.29, 0.717) is 5.56 Å². The molecule has 1 heterocycles. The van der Waals surface area contributed by atoms with E-state index in [1.807, 2.05) is 13.0 Å². The van der Waals surface area contributed by atoms with Crippen LogP contribution in [0.3, 0.4) is 0 Å². The second-order valence-electron chi connectivity index (χ2n) is 3.61. The number of benzene rings is 1. The third kappa shape index (κ3) is 4.72. The SMILES string of the molecule is Cc1cccc(C(F)(F)F)c1.Cc1ccn[nH]1. The second kappa shape index (κ2) is 5.52. The van der Waals surface area contributed by atoms with Gasteiger partial charge in [-0.1, -0.05) is 23.8 Å². The van der Waals surface area contributed by atoms with Crippen LogP contribution in [0.25, 0.3) is 0 Å². The van der Waals surface area contributed by atoms with E-state index in [4.69, 9.17) is 0 Å². The highest BCUT2D eigenvalue weighted by molar-refractivity contribution is 5.24. The van der Waals surface area contributed by atoms with Crippen LogP contribution in [0.1, 0.15) is 16.8 Å². The van der Waals surface area contributed by atoms with Gasteiger partial charge in [0.2, 0.25) is 0 Å². The molecule has 1 N–H and O–H groups in total. The number of hydrogen-bond acceptors (Lipinski definition) is 1. The molecule has 17 heavy (non-hydrogen) atoms. The van der Waals surface area contributed by atoms with Crippen LogP contribution in [0.5, 0.6) is 0 Å². The summed E-state index contributed by atoms with van der Waals surface area (Å²) in [4.78, 5) is 0. The van der Waals surface area contributed by atoms with Gasteiger partial charge in [0.05, 0.1) is 5.56 Å². The van der Waals surface area contributed by atoms with Crippen molar-refractivity contribution in [2.75, 3.05) is 0 Å². The minimum atomic E-state index is -4.22. The molecule has 2 aromatic rings. The van der Waals surface area contributed by atoms with Gasteiger partial charge in [-0.3, -0.25) is 5.10 Å². The largest absolute Gasteiger partial charge is 0.416 e. The van der Waals surface area contributed by atoms with E-state index in [9.17, 15) is 13.2 Å². The maximum Gasteiger partial charge on any atom is 0.416 e. The molecule has 0 aliphatic carbocycles. The highest BCUT2D eigenvalue weighted by atomic mass is 19.4. The first-order chi connectivity index (χ1) is 7.89. The van der Waals surface area contributed by atoms with Crippen molar-refractivity contribution < 1.29 is 13.2 Å². The van der Waals surface area contributed by atoms with Crippen molar-refractivity contribution in [3.63, 3.8) is 0 Å². The van der Waals surface area contributed by atoms with E-state index in [1.165, 1.54) is 6.07 Å². The Morgan fingerprint density at radius 2 is 1.82 bits per heavy atom. The average Bonchev–Trinajstić information content (AvgIpc) is 2.69. The van der Waals surface area contributed by atoms with Gasteiger partial charge in [0.15, 0.2) is 0 Å². The van der Waals surface area contributed by atoms with E-state index in [0.717, 1.165) is 17.8 Å². The Labute approximate surface area is 97.5 Å². The summed E-state index contributed by atoms with van der Waals surface area (Å²) in [5, 5.41) is 6.45. The van der Waals surface area contributed by atoms with Crippen molar-refractivity contribution in [3.8, 4) is 0 Å². The van der Waals surface area contributed by atoms with Crippen LogP contribution >= 0.6 is 0 Å². The number of nitrogens with zero attached hydrogens (tertiary/aromatic N) is 1. The topological polar surface area (TPSA) is 28.7 Å². The van der Waals surface area contributed by atoms with Gasteiger partial charge < -0.3 is 0 Å². The Kier molecular flexibility index (Phi) is 4.31. The molecule has 0 spiro atoms. The van der Waals surface area contributed by atoms with Crippen LogP contribution in [0.2, 0.25) is 0 Å². The van der Waals surface area contributed by atoms with Crippen molar-refractivity contribution >= 4 is 0 Å². The molecule has 1 aromatic carbocycles. The van der Waals surface area contributed by atoms with Crippen LogP contribution in [0, 0.1) is 13.8 Å². The molecule has 2 nitrogen and oxygen atoms in total. The van der Waals surface area contributed by atoms with Gasteiger partial charge in [-0.15, -0.1) is 0 Å². The summed E-state index contributed by atoms with van der Waals surface area (Å²) >= 11 is 0. The van der Waals surface area contributed by atoms with Crippen LogP contribution in [0.15, 0.2) is 36.5 Å². The van der Waals surface area contributed by atoms with Gasteiger partial charge in [-0.05, 0) is 26.0 Å². The normalized spacial score (nSPS) is 10.6. The van der Waals surface area contributed by atoms with E-state index in [1.54, 1.807) is 19.2 Å². The number of aryl methyl sites for hydroxylation is 2. The highest BCUT2D eigenvalue weighted by Gasteiger charge is 2.29. The molecule has 1 aromatic heterocycles.